The number of aromatic nitrogens is 1. The van der Waals surface area contributed by atoms with Gasteiger partial charge in [0.15, 0.2) is 5.13 Å². The van der Waals surface area contributed by atoms with E-state index in [0.717, 1.165) is 25.7 Å². The maximum Gasteiger partial charge on any atom is 0.360 e. The lowest BCUT2D eigenvalue weighted by Crippen LogP contribution is -2.21. The van der Waals surface area contributed by atoms with Crippen LogP contribution in [0.25, 0.3) is 0 Å². The third-order valence-corrected chi connectivity index (χ3v) is 3.90. The molecule has 0 saturated heterocycles. The molecule has 0 aromatic carbocycles. The second kappa shape index (κ2) is 6.01. The first-order chi connectivity index (χ1) is 9.06. The molecule has 0 bridgehead atoms. The van der Waals surface area contributed by atoms with Gasteiger partial charge in [0, 0.05) is 5.38 Å². The van der Waals surface area contributed by atoms with Crippen LogP contribution in [0, 0.1) is 5.92 Å². The SMILES string of the molecule is C[C@H]1CC[C@@H](O/N=C(\C(=O)O)c2csc(N)n2)CC1. The molecule has 0 radical (unpaired) electrons. The molecule has 1 aliphatic carbocycles. The van der Waals surface area contributed by atoms with Gasteiger partial charge in [-0.25, -0.2) is 9.78 Å². The fourth-order valence-electron chi connectivity index (χ4n) is 2.05. The quantitative estimate of drug-likeness (QED) is 0.651. The molecule has 1 heterocycles. The number of nitrogen functional groups attached to an aromatic ring is 1. The minimum atomic E-state index is -1.16. The smallest absolute Gasteiger partial charge is 0.360 e. The zero-order valence-corrected chi connectivity index (χ0v) is 11.5. The molecule has 6 nitrogen and oxygen atoms in total. The van der Waals surface area contributed by atoms with E-state index >= 15 is 0 Å². The Morgan fingerprint density at radius 2 is 2.21 bits per heavy atom. The Hall–Kier alpha value is -1.63. The number of aliphatic carboxylic acids is 1. The number of carbonyl (C=O) groups is 1. The largest absolute Gasteiger partial charge is 0.476 e. The maximum absolute atomic E-state index is 11.1. The third kappa shape index (κ3) is 3.66. The fraction of sp³-hybridized carbons (Fsp3) is 0.583. The standard InChI is InChI=1S/C12H17N3O3S/c1-7-2-4-8(5-3-7)18-15-10(11(16)17)9-6-19-12(13)14-9/h6-8H,2-5H2,1H3,(H2,13,14)(H,16,17)/b15-10-/t7-,8+. The van der Waals surface area contributed by atoms with Crippen LogP contribution in [-0.4, -0.2) is 27.9 Å². The number of rotatable bonds is 4. The summed E-state index contributed by atoms with van der Waals surface area (Å²) in [6, 6.07) is 0. The van der Waals surface area contributed by atoms with Crippen LogP contribution in [0.15, 0.2) is 10.5 Å². The number of nitrogens with two attached hydrogens (primary N) is 1. The first-order valence-corrected chi connectivity index (χ1v) is 7.12. The highest BCUT2D eigenvalue weighted by atomic mass is 32.1. The second-order valence-electron chi connectivity index (χ2n) is 4.80. The predicted octanol–water partition coefficient (Wildman–Crippen LogP) is 2.11. The summed E-state index contributed by atoms with van der Waals surface area (Å²) >= 11 is 1.18. The Morgan fingerprint density at radius 3 is 2.74 bits per heavy atom. The number of thiazole rings is 1. The van der Waals surface area contributed by atoms with Gasteiger partial charge in [0.1, 0.15) is 11.8 Å². The summed E-state index contributed by atoms with van der Waals surface area (Å²) in [4.78, 5) is 20.4. The van der Waals surface area contributed by atoms with Gasteiger partial charge < -0.3 is 15.7 Å². The second-order valence-corrected chi connectivity index (χ2v) is 5.69. The zero-order chi connectivity index (χ0) is 13.8. The molecule has 3 N–H and O–H groups in total. The molecule has 1 aliphatic rings. The maximum atomic E-state index is 11.1. The van der Waals surface area contributed by atoms with Gasteiger partial charge in [-0.3, -0.25) is 0 Å². The molecule has 0 aliphatic heterocycles. The Morgan fingerprint density at radius 1 is 1.53 bits per heavy atom. The van der Waals surface area contributed by atoms with E-state index in [2.05, 4.69) is 17.1 Å². The van der Waals surface area contributed by atoms with Crippen molar-refractivity contribution in [2.45, 2.75) is 38.7 Å². The molecule has 1 fully saturated rings. The van der Waals surface area contributed by atoms with Gasteiger partial charge in [-0.2, -0.15) is 0 Å². The van der Waals surface area contributed by atoms with Gasteiger partial charge in [0.2, 0.25) is 5.71 Å². The molecular weight excluding hydrogens is 266 g/mol. The van der Waals surface area contributed by atoms with Crippen molar-refractivity contribution in [3.63, 3.8) is 0 Å². The number of hydrogen-bond donors (Lipinski definition) is 2. The lowest BCUT2D eigenvalue weighted by molar-refractivity contribution is -0.129. The summed E-state index contributed by atoms with van der Waals surface area (Å²) in [5, 5.41) is 14.8. The number of carboxylic acid groups (broad SMARTS) is 1. The van der Waals surface area contributed by atoms with Crippen molar-refractivity contribution in [2.24, 2.45) is 11.1 Å². The summed E-state index contributed by atoms with van der Waals surface area (Å²) < 4.78 is 0. The van der Waals surface area contributed by atoms with Crippen molar-refractivity contribution < 1.29 is 14.7 Å². The Kier molecular flexibility index (Phi) is 4.36. The van der Waals surface area contributed by atoms with E-state index in [1.54, 1.807) is 5.38 Å². The predicted molar refractivity (Wildman–Crippen MR) is 73.2 cm³/mol. The van der Waals surface area contributed by atoms with Gasteiger partial charge in [-0.1, -0.05) is 12.1 Å². The summed E-state index contributed by atoms with van der Waals surface area (Å²) in [6.07, 6.45) is 4.01. The Balaban J connectivity index is 2.03. The van der Waals surface area contributed by atoms with Crippen LogP contribution < -0.4 is 5.73 Å². The number of nitrogens with zero attached hydrogens (tertiary/aromatic N) is 2. The molecule has 1 aromatic rings. The number of carboxylic acids is 1. The molecule has 1 aromatic heterocycles. The highest BCUT2D eigenvalue weighted by Gasteiger charge is 2.22. The van der Waals surface area contributed by atoms with Gasteiger partial charge in [0.25, 0.3) is 0 Å². The van der Waals surface area contributed by atoms with Crippen LogP contribution in [-0.2, 0) is 9.63 Å². The molecule has 0 amide bonds. The normalized spacial score (nSPS) is 24.2. The van der Waals surface area contributed by atoms with Crippen LogP contribution in [0.1, 0.15) is 38.3 Å². The van der Waals surface area contributed by atoms with E-state index in [-0.39, 0.29) is 17.5 Å². The summed E-state index contributed by atoms with van der Waals surface area (Å²) in [5.41, 5.74) is 5.55. The highest BCUT2D eigenvalue weighted by molar-refractivity contribution is 7.13. The summed E-state index contributed by atoms with van der Waals surface area (Å²) in [5.74, 6) is -0.449. The van der Waals surface area contributed by atoms with Crippen LogP contribution in [0.4, 0.5) is 5.13 Å². The molecule has 104 valence electrons. The summed E-state index contributed by atoms with van der Waals surface area (Å²) in [7, 11) is 0. The number of hydrogen-bond acceptors (Lipinski definition) is 6. The molecule has 0 unspecified atom stereocenters. The van der Waals surface area contributed by atoms with Crippen molar-refractivity contribution in [3.05, 3.63) is 11.1 Å². The molecule has 0 atom stereocenters. The molecule has 0 spiro atoms. The summed E-state index contributed by atoms with van der Waals surface area (Å²) in [6.45, 7) is 2.21. The van der Waals surface area contributed by atoms with Crippen LogP contribution in [0.3, 0.4) is 0 Å². The number of anilines is 1. The monoisotopic (exact) mass is 283 g/mol. The first-order valence-electron chi connectivity index (χ1n) is 6.24. The third-order valence-electron chi connectivity index (χ3n) is 3.22. The molecular formula is C12H17N3O3S. The van der Waals surface area contributed by atoms with Gasteiger partial charge in [0.05, 0.1) is 0 Å². The minimum Gasteiger partial charge on any atom is -0.476 e. The molecule has 2 rings (SSSR count). The lowest BCUT2D eigenvalue weighted by atomic mass is 9.89. The lowest BCUT2D eigenvalue weighted by Gasteiger charge is -2.24. The van der Waals surface area contributed by atoms with E-state index in [9.17, 15) is 4.79 Å². The number of oxime groups is 1. The van der Waals surface area contributed by atoms with Crippen LogP contribution >= 0.6 is 11.3 Å². The topological polar surface area (TPSA) is 97.8 Å². The molecule has 19 heavy (non-hydrogen) atoms. The van der Waals surface area contributed by atoms with E-state index in [4.69, 9.17) is 15.7 Å². The first kappa shape index (κ1) is 13.8. The van der Waals surface area contributed by atoms with E-state index in [1.807, 2.05) is 0 Å². The van der Waals surface area contributed by atoms with Gasteiger partial charge >= 0.3 is 5.97 Å². The van der Waals surface area contributed by atoms with Crippen molar-refractivity contribution in [3.8, 4) is 0 Å². The minimum absolute atomic E-state index is 0.00142. The van der Waals surface area contributed by atoms with E-state index in [1.165, 1.54) is 11.3 Å². The zero-order valence-electron chi connectivity index (χ0n) is 10.7. The van der Waals surface area contributed by atoms with Crippen molar-refractivity contribution in [1.29, 1.82) is 0 Å². The molecule has 7 heteroatoms. The van der Waals surface area contributed by atoms with E-state index < -0.39 is 5.97 Å². The Bertz CT molecular complexity index is 478. The van der Waals surface area contributed by atoms with Gasteiger partial charge in [-0.05, 0) is 31.6 Å². The Labute approximate surface area is 115 Å². The molecule has 1 saturated carbocycles. The van der Waals surface area contributed by atoms with Crippen LogP contribution in [0.2, 0.25) is 0 Å². The fourth-order valence-corrected chi connectivity index (χ4v) is 2.60. The van der Waals surface area contributed by atoms with Crippen molar-refractivity contribution in [2.75, 3.05) is 5.73 Å². The highest BCUT2D eigenvalue weighted by Crippen LogP contribution is 2.25. The van der Waals surface area contributed by atoms with E-state index in [0.29, 0.717) is 11.0 Å². The van der Waals surface area contributed by atoms with Crippen LogP contribution in [0.5, 0.6) is 0 Å². The van der Waals surface area contributed by atoms with Gasteiger partial charge in [-0.15, -0.1) is 11.3 Å². The average Bonchev–Trinajstić information content (AvgIpc) is 2.78. The van der Waals surface area contributed by atoms with Crippen molar-refractivity contribution >= 4 is 28.1 Å². The van der Waals surface area contributed by atoms with Crippen molar-refractivity contribution in [1.82, 2.24) is 4.98 Å². The average molecular weight is 283 g/mol.